The molecule has 0 bridgehead atoms. The quantitative estimate of drug-likeness (QED) is 0.329. The second-order valence-electron chi connectivity index (χ2n) is 5.97. The first kappa shape index (κ1) is 23.1. The number of benzene rings is 2. The summed E-state index contributed by atoms with van der Waals surface area (Å²) in [4.78, 5) is 45.4. The number of nitrogens with one attached hydrogen (secondary N) is 2. The lowest BCUT2D eigenvalue weighted by molar-refractivity contribution is -0.384. The summed E-state index contributed by atoms with van der Waals surface area (Å²) in [5.41, 5.74) is 3.85. The predicted molar refractivity (Wildman–Crippen MR) is 107 cm³/mol. The Morgan fingerprint density at radius 2 is 1.68 bits per heavy atom. The van der Waals surface area contributed by atoms with Crippen LogP contribution in [0.25, 0.3) is 0 Å². The van der Waals surface area contributed by atoms with Crippen LogP contribution in [0.2, 0.25) is 0 Å². The van der Waals surface area contributed by atoms with Gasteiger partial charge in [-0.1, -0.05) is 6.07 Å². The van der Waals surface area contributed by atoms with Gasteiger partial charge < -0.3 is 14.2 Å². The fraction of sp³-hybridized carbons (Fsp3) is 0.250. The molecule has 31 heavy (non-hydrogen) atoms. The zero-order valence-corrected chi connectivity index (χ0v) is 16.7. The van der Waals surface area contributed by atoms with E-state index in [0.29, 0.717) is 18.1 Å². The van der Waals surface area contributed by atoms with Gasteiger partial charge in [0, 0.05) is 17.7 Å². The van der Waals surface area contributed by atoms with Crippen molar-refractivity contribution in [2.75, 3.05) is 19.8 Å². The first-order chi connectivity index (χ1) is 14.9. The molecule has 0 aliphatic rings. The minimum Gasteiger partial charge on any atom is -0.494 e. The number of hydrogen-bond acceptors (Lipinski definition) is 8. The molecule has 0 heterocycles. The van der Waals surface area contributed by atoms with Gasteiger partial charge in [-0.05, 0) is 37.3 Å². The number of carbonyl (C=O) groups excluding carboxylic acids is 3. The molecule has 0 saturated carbocycles. The van der Waals surface area contributed by atoms with Crippen LogP contribution in [-0.4, -0.2) is 42.5 Å². The van der Waals surface area contributed by atoms with Crippen LogP contribution in [0.5, 0.6) is 11.5 Å². The molecule has 164 valence electrons. The minimum absolute atomic E-state index is 0.0158. The maximum Gasteiger partial charge on any atom is 0.309 e. The van der Waals surface area contributed by atoms with Crippen molar-refractivity contribution in [3.05, 3.63) is 64.2 Å². The van der Waals surface area contributed by atoms with Crippen LogP contribution in [0.3, 0.4) is 0 Å². The Morgan fingerprint density at radius 3 is 2.32 bits per heavy atom. The van der Waals surface area contributed by atoms with Crippen molar-refractivity contribution in [2.45, 2.75) is 13.3 Å². The number of ether oxygens (including phenoxy) is 3. The van der Waals surface area contributed by atoms with Crippen molar-refractivity contribution in [3.63, 3.8) is 0 Å². The average Bonchev–Trinajstić information content (AvgIpc) is 2.77. The van der Waals surface area contributed by atoms with E-state index in [9.17, 15) is 24.5 Å². The molecule has 2 aromatic carbocycles. The van der Waals surface area contributed by atoms with E-state index >= 15 is 0 Å². The van der Waals surface area contributed by atoms with Crippen molar-refractivity contribution in [1.29, 1.82) is 0 Å². The molecule has 11 nitrogen and oxygen atoms in total. The second-order valence-corrected chi connectivity index (χ2v) is 5.97. The van der Waals surface area contributed by atoms with Crippen molar-refractivity contribution in [3.8, 4) is 11.5 Å². The SMILES string of the molecule is CCOc1ccc(OCCC(=O)OCC(=O)NNC(=O)c2cccc([N+](=O)[O-])c2)cc1. The second kappa shape index (κ2) is 11.8. The lowest BCUT2D eigenvalue weighted by atomic mass is 10.2. The third kappa shape index (κ3) is 8.01. The first-order valence-electron chi connectivity index (χ1n) is 9.24. The summed E-state index contributed by atoms with van der Waals surface area (Å²) >= 11 is 0. The number of hydrazine groups is 1. The summed E-state index contributed by atoms with van der Waals surface area (Å²) in [6, 6.07) is 11.9. The number of non-ortho nitro benzene ring substituents is 1. The molecule has 0 atom stereocenters. The number of esters is 1. The summed E-state index contributed by atoms with van der Waals surface area (Å²) < 4.78 is 15.5. The lowest BCUT2D eigenvalue weighted by Crippen LogP contribution is -2.43. The smallest absolute Gasteiger partial charge is 0.309 e. The zero-order chi connectivity index (χ0) is 22.6. The van der Waals surface area contributed by atoms with Gasteiger partial charge in [-0.15, -0.1) is 0 Å². The molecule has 2 amide bonds. The van der Waals surface area contributed by atoms with Crippen LogP contribution >= 0.6 is 0 Å². The largest absolute Gasteiger partial charge is 0.494 e. The summed E-state index contributed by atoms with van der Waals surface area (Å²) in [6.45, 7) is 1.87. The van der Waals surface area contributed by atoms with Crippen LogP contribution in [0, 0.1) is 10.1 Å². The molecule has 0 radical (unpaired) electrons. The maximum absolute atomic E-state index is 11.9. The van der Waals surface area contributed by atoms with Gasteiger partial charge in [0.15, 0.2) is 6.61 Å². The van der Waals surface area contributed by atoms with Gasteiger partial charge in [0.2, 0.25) is 0 Å². The van der Waals surface area contributed by atoms with E-state index < -0.39 is 29.3 Å². The number of nitro groups is 1. The van der Waals surface area contributed by atoms with E-state index in [1.807, 2.05) is 6.92 Å². The van der Waals surface area contributed by atoms with Gasteiger partial charge in [0.25, 0.3) is 17.5 Å². The number of nitro benzene ring substituents is 1. The Kier molecular flexibility index (Phi) is 8.77. The van der Waals surface area contributed by atoms with Gasteiger partial charge in [-0.25, -0.2) is 0 Å². The van der Waals surface area contributed by atoms with Gasteiger partial charge >= 0.3 is 5.97 Å². The summed E-state index contributed by atoms with van der Waals surface area (Å²) in [7, 11) is 0. The van der Waals surface area contributed by atoms with Crippen LogP contribution in [0.15, 0.2) is 48.5 Å². The molecule has 2 rings (SSSR count). The Bertz CT molecular complexity index is 930. The van der Waals surface area contributed by atoms with Crippen molar-refractivity contribution in [1.82, 2.24) is 10.9 Å². The highest BCUT2D eigenvalue weighted by atomic mass is 16.6. The molecule has 2 N–H and O–H groups in total. The molecule has 11 heteroatoms. The number of nitrogens with zero attached hydrogens (tertiary/aromatic N) is 1. The Morgan fingerprint density at radius 1 is 1.00 bits per heavy atom. The fourth-order valence-electron chi connectivity index (χ4n) is 2.26. The van der Waals surface area contributed by atoms with Gasteiger partial charge in [0.1, 0.15) is 11.5 Å². The van der Waals surface area contributed by atoms with Crippen LogP contribution in [0.4, 0.5) is 5.69 Å². The topological polar surface area (TPSA) is 146 Å². The number of carbonyl (C=O) groups is 3. The molecule has 0 spiro atoms. The summed E-state index contributed by atoms with van der Waals surface area (Å²) in [5.74, 6) is -0.937. The number of amides is 2. The molecule has 0 aliphatic heterocycles. The first-order valence-corrected chi connectivity index (χ1v) is 9.24. The molecule has 0 aromatic heterocycles. The van der Waals surface area contributed by atoms with E-state index in [1.54, 1.807) is 24.3 Å². The predicted octanol–water partition coefficient (Wildman–Crippen LogP) is 1.77. The molecule has 0 fully saturated rings. The van der Waals surface area contributed by atoms with Gasteiger partial charge in [-0.3, -0.25) is 35.3 Å². The van der Waals surface area contributed by atoms with E-state index in [4.69, 9.17) is 14.2 Å². The van der Waals surface area contributed by atoms with Crippen LogP contribution in [-0.2, 0) is 14.3 Å². The van der Waals surface area contributed by atoms with Crippen molar-refractivity contribution < 1.29 is 33.5 Å². The van der Waals surface area contributed by atoms with E-state index in [2.05, 4.69) is 10.9 Å². The van der Waals surface area contributed by atoms with Crippen LogP contribution in [0.1, 0.15) is 23.7 Å². The zero-order valence-electron chi connectivity index (χ0n) is 16.7. The van der Waals surface area contributed by atoms with Gasteiger partial charge in [0.05, 0.1) is 24.6 Å². The standard InChI is InChI=1S/C20H21N3O8/c1-2-29-16-6-8-17(9-7-16)30-11-10-19(25)31-13-18(24)21-22-20(26)14-4-3-5-15(12-14)23(27)28/h3-9,12H,2,10-11,13H2,1H3,(H,21,24)(H,22,26). The van der Waals surface area contributed by atoms with E-state index in [0.717, 1.165) is 6.07 Å². The Hall–Kier alpha value is -4.15. The minimum atomic E-state index is -0.778. The maximum atomic E-state index is 11.9. The molecular formula is C20H21N3O8. The van der Waals surface area contributed by atoms with Crippen molar-refractivity contribution >= 4 is 23.5 Å². The molecule has 0 aliphatic carbocycles. The molecule has 2 aromatic rings. The monoisotopic (exact) mass is 431 g/mol. The molecule has 0 unspecified atom stereocenters. The Balaban J connectivity index is 1.65. The number of rotatable bonds is 10. The molecule has 0 saturated heterocycles. The number of hydrogen-bond donors (Lipinski definition) is 2. The highest BCUT2D eigenvalue weighted by Crippen LogP contribution is 2.17. The third-order valence-corrected chi connectivity index (χ3v) is 3.71. The van der Waals surface area contributed by atoms with E-state index in [-0.39, 0.29) is 24.3 Å². The third-order valence-electron chi connectivity index (χ3n) is 3.71. The highest BCUT2D eigenvalue weighted by molar-refractivity contribution is 5.96. The van der Waals surface area contributed by atoms with E-state index in [1.165, 1.54) is 18.2 Å². The molecular weight excluding hydrogens is 410 g/mol. The summed E-state index contributed by atoms with van der Waals surface area (Å²) in [6.07, 6.45) is -0.0828. The summed E-state index contributed by atoms with van der Waals surface area (Å²) in [5, 5.41) is 10.7. The van der Waals surface area contributed by atoms with Crippen molar-refractivity contribution in [2.24, 2.45) is 0 Å². The Labute approximate surface area is 177 Å². The normalized spacial score (nSPS) is 9.97. The lowest BCUT2D eigenvalue weighted by Gasteiger charge is -2.09. The fourth-order valence-corrected chi connectivity index (χ4v) is 2.26. The average molecular weight is 431 g/mol. The van der Waals surface area contributed by atoms with Crippen LogP contribution < -0.4 is 20.3 Å². The van der Waals surface area contributed by atoms with Gasteiger partial charge in [-0.2, -0.15) is 0 Å². The highest BCUT2D eigenvalue weighted by Gasteiger charge is 2.13.